The van der Waals surface area contributed by atoms with Gasteiger partial charge in [-0.1, -0.05) is 39.8 Å². The zero-order valence-corrected chi connectivity index (χ0v) is 11.5. The smallest absolute Gasteiger partial charge is 0.184 e. The Morgan fingerprint density at radius 2 is 2.12 bits per heavy atom. The number of rotatable bonds is 4. The Bertz CT molecular complexity index is 498. The van der Waals surface area contributed by atoms with Gasteiger partial charge in [-0.2, -0.15) is 5.10 Å². The Morgan fingerprint density at radius 3 is 2.71 bits per heavy atom. The molecule has 4 nitrogen and oxygen atoms in total. The summed E-state index contributed by atoms with van der Waals surface area (Å²) >= 11 is 4.71. The van der Waals surface area contributed by atoms with E-state index in [9.17, 15) is 4.79 Å². The molecule has 1 heterocycles. The Morgan fingerprint density at radius 1 is 1.41 bits per heavy atom. The molecule has 1 aromatic heterocycles. The number of ketones is 1. The van der Waals surface area contributed by atoms with Gasteiger partial charge in [-0.25, -0.2) is 4.98 Å². The molecule has 1 N–H and O–H groups in total. The van der Waals surface area contributed by atoms with Crippen LogP contribution >= 0.6 is 27.7 Å². The summed E-state index contributed by atoms with van der Waals surface area (Å²) in [6.45, 7) is 1.86. The van der Waals surface area contributed by atoms with Crippen LogP contribution in [-0.2, 0) is 0 Å². The lowest BCUT2D eigenvalue weighted by Gasteiger charge is -2.07. The number of thioether (sulfide) groups is 1. The first-order valence-corrected chi connectivity index (χ1v) is 6.66. The summed E-state index contributed by atoms with van der Waals surface area (Å²) in [5.41, 5.74) is 0.702. The lowest BCUT2D eigenvalue weighted by Crippen LogP contribution is -2.13. The Labute approximate surface area is 111 Å². The molecule has 0 saturated carbocycles. The van der Waals surface area contributed by atoms with Crippen molar-refractivity contribution in [3.05, 3.63) is 40.6 Å². The molecule has 0 radical (unpaired) electrons. The van der Waals surface area contributed by atoms with Crippen molar-refractivity contribution in [2.45, 2.75) is 17.3 Å². The Hall–Kier alpha value is -1.14. The average Bonchev–Trinajstić information content (AvgIpc) is 2.82. The molecular weight excluding hydrogens is 302 g/mol. The number of H-pyrrole nitrogens is 1. The largest absolute Gasteiger partial charge is 0.293 e. The highest BCUT2D eigenvalue weighted by Gasteiger charge is 2.17. The third-order valence-electron chi connectivity index (χ3n) is 2.18. The zero-order chi connectivity index (χ0) is 12.3. The van der Waals surface area contributed by atoms with Crippen LogP contribution in [0.15, 0.2) is 40.2 Å². The van der Waals surface area contributed by atoms with Crippen molar-refractivity contribution >= 4 is 33.5 Å². The molecule has 88 valence electrons. The molecule has 0 spiro atoms. The van der Waals surface area contributed by atoms with Crippen LogP contribution in [0.2, 0.25) is 0 Å². The first-order chi connectivity index (χ1) is 8.16. The SMILES string of the molecule is C[C@@H](Sc1ncn[nH]1)C(=O)c1ccc(Br)cc1. The highest BCUT2D eigenvalue weighted by atomic mass is 79.9. The lowest BCUT2D eigenvalue weighted by molar-refractivity contribution is 0.0994. The molecule has 17 heavy (non-hydrogen) atoms. The van der Waals surface area contributed by atoms with Gasteiger partial charge in [0, 0.05) is 10.0 Å². The van der Waals surface area contributed by atoms with Crippen molar-refractivity contribution in [2.24, 2.45) is 0 Å². The second-order valence-electron chi connectivity index (χ2n) is 3.42. The van der Waals surface area contributed by atoms with E-state index < -0.39 is 0 Å². The molecule has 0 fully saturated rings. The summed E-state index contributed by atoms with van der Waals surface area (Å²) in [7, 11) is 0. The molecular formula is C11H10BrN3OS. The average molecular weight is 312 g/mol. The molecule has 2 rings (SSSR count). The van der Waals surface area contributed by atoms with Crippen LogP contribution in [0.25, 0.3) is 0 Å². The van der Waals surface area contributed by atoms with Crippen LogP contribution in [-0.4, -0.2) is 26.2 Å². The van der Waals surface area contributed by atoms with E-state index in [2.05, 4.69) is 31.1 Å². The van der Waals surface area contributed by atoms with Gasteiger partial charge in [0.15, 0.2) is 10.9 Å². The van der Waals surface area contributed by atoms with Gasteiger partial charge >= 0.3 is 0 Å². The number of aromatic nitrogens is 3. The topological polar surface area (TPSA) is 58.6 Å². The van der Waals surface area contributed by atoms with Crippen LogP contribution in [0.4, 0.5) is 0 Å². The zero-order valence-electron chi connectivity index (χ0n) is 9.05. The molecule has 1 atom stereocenters. The summed E-state index contributed by atoms with van der Waals surface area (Å²) in [6.07, 6.45) is 1.43. The van der Waals surface area contributed by atoms with Gasteiger partial charge in [0.25, 0.3) is 0 Å². The van der Waals surface area contributed by atoms with E-state index in [-0.39, 0.29) is 11.0 Å². The van der Waals surface area contributed by atoms with E-state index in [0.717, 1.165) is 4.47 Å². The molecule has 0 bridgehead atoms. The molecule has 2 aromatic rings. The van der Waals surface area contributed by atoms with Crippen molar-refractivity contribution in [1.29, 1.82) is 0 Å². The molecule has 0 aliphatic rings. The summed E-state index contributed by atoms with van der Waals surface area (Å²) in [6, 6.07) is 7.34. The number of carbonyl (C=O) groups is 1. The number of hydrogen-bond donors (Lipinski definition) is 1. The minimum Gasteiger partial charge on any atom is -0.293 e. The lowest BCUT2D eigenvalue weighted by atomic mass is 10.1. The second-order valence-corrected chi connectivity index (χ2v) is 5.67. The summed E-state index contributed by atoms with van der Waals surface area (Å²) in [5, 5.41) is 6.93. The van der Waals surface area contributed by atoms with E-state index >= 15 is 0 Å². The number of nitrogens with zero attached hydrogens (tertiary/aromatic N) is 2. The molecule has 0 aliphatic heterocycles. The van der Waals surface area contributed by atoms with Gasteiger partial charge in [0.05, 0.1) is 5.25 Å². The number of aromatic amines is 1. The van der Waals surface area contributed by atoms with Crippen LogP contribution in [0, 0.1) is 0 Å². The maximum Gasteiger partial charge on any atom is 0.184 e. The molecule has 0 amide bonds. The minimum absolute atomic E-state index is 0.0823. The van der Waals surface area contributed by atoms with Crippen LogP contribution in [0.1, 0.15) is 17.3 Å². The van der Waals surface area contributed by atoms with Crippen molar-refractivity contribution in [2.75, 3.05) is 0 Å². The molecule has 0 unspecified atom stereocenters. The fourth-order valence-electron chi connectivity index (χ4n) is 1.32. The van der Waals surface area contributed by atoms with Crippen molar-refractivity contribution in [3.8, 4) is 0 Å². The number of Topliss-reactive ketones (excluding diaryl/α,β-unsaturated/α-hetero) is 1. The van der Waals surface area contributed by atoms with Crippen LogP contribution < -0.4 is 0 Å². The van der Waals surface area contributed by atoms with Crippen molar-refractivity contribution in [3.63, 3.8) is 0 Å². The predicted molar refractivity (Wildman–Crippen MR) is 70.2 cm³/mol. The van der Waals surface area contributed by atoms with E-state index in [1.165, 1.54) is 18.1 Å². The van der Waals surface area contributed by atoms with Crippen LogP contribution in [0.3, 0.4) is 0 Å². The molecule has 1 aromatic carbocycles. The van der Waals surface area contributed by atoms with Gasteiger partial charge in [0.1, 0.15) is 6.33 Å². The van der Waals surface area contributed by atoms with E-state index in [1.807, 2.05) is 31.2 Å². The highest BCUT2D eigenvalue weighted by Crippen LogP contribution is 2.22. The monoisotopic (exact) mass is 311 g/mol. The number of hydrogen-bond acceptors (Lipinski definition) is 4. The molecule has 6 heteroatoms. The van der Waals surface area contributed by atoms with E-state index in [0.29, 0.717) is 10.7 Å². The molecule has 0 saturated heterocycles. The normalized spacial score (nSPS) is 12.4. The molecule has 0 aliphatic carbocycles. The minimum atomic E-state index is -0.191. The van der Waals surface area contributed by atoms with Crippen molar-refractivity contribution < 1.29 is 4.79 Å². The first kappa shape index (κ1) is 12.3. The predicted octanol–water partition coefficient (Wildman–Crippen LogP) is 2.93. The maximum atomic E-state index is 12.1. The van der Waals surface area contributed by atoms with Crippen molar-refractivity contribution in [1.82, 2.24) is 15.2 Å². The number of benzene rings is 1. The summed E-state index contributed by atoms with van der Waals surface area (Å²) in [4.78, 5) is 16.1. The van der Waals surface area contributed by atoms with Crippen LogP contribution in [0.5, 0.6) is 0 Å². The number of halogens is 1. The highest BCUT2D eigenvalue weighted by molar-refractivity contribution is 9.10. The maximum absolute atomic E-state index is 12.1. The first-order valence-electron chi connectivity index (χ1n) is 4.98. The van der Waals surface area contributed by atoms with Gasteiger partial charge in [-0.15, -0.1) is 0 Å². The second kappa shape index (κ2) is 5.46. The van der Waals surface area contributed by atoms with Gasteiger partial charge < -0.3 is 0 Å². The fraction of sp³-hybridized carbons (Fsp3) is 0.182. The van der Waals surface area contributed by atoms with Gasteiger partial charge in [-0.05, 0) is 19.1 Å². The number of nitrogens with one attached hydrogen (secondary N) is 1. The van der Waals surface area contributed by atoms with E-state index in [4.69, 9.17) is 0 Å². The van der Waals surface area contributed by atoms with Gasteiger partial charge in [-0.3, -0.25) is 9.89 Å². The fourth-order valence-corrected chi connectivity index (χ4v) is 2.38. The quantitative estimate of drug-likeness (QED) is 0.696. The third-order valence-corrected chi connectivity index (χ3v) is 3.70. The standard InChI is InChI=1S/C11H10BrN3OS/c1-7(17-11-13-6-14-15-11)10(16)8-2-4-9(12)5-3-8/h2-7H,1H3,(H,13,14,15)/t7-/m1/s1. The number of carbonyl (C=O) groups excluding carboxylic acids is 1. The Balaban J connectivity index is 2.07. The van der Waals surface area contributed by atoms with Gasteiger partial charge in [0.2, 0.25) is 0 Å². The summed E-state index contributed by atoms with van der Waals surface area (Å²) < 4.78 is 0.963. The third kappa shape index (κ3) is 3.17. The summed E-state index contributed by atoms with van der Waals surface area (Å²) in [5.74, 6) is 0.0823. The van der Waals surface area contributed by atoms with E-state index in [1.54, 1.807) is 0 Å². The Kier molecular flexibility index (Phi) is 3.96.